The standard InChI is InChI=1S/C14H18N2O2/c1-8-7-10(9(2)15)16-14-12(18-4)6-5-11(17-3)13(8)14/h5-7,9H,15H2,1-4H3. The molecule has 0 saturated carbocycles. The van der Waals surface area contributed by atoms with E-state index in [2.05, 4.69) is 4.98 Å². The summed E-state index contributed by atoms with van der Waals surface area (Å²) >= 11 is 0. The molecule has 2 rings (SSSR count). The van der Waals surface area contributed by atoms with Crippen LogP contribution < -0.4 is 15.2 Å². The number of nitrogens with zero attached hydrogens (tertiary/aromatic N) is 1. The average Bonchev–Trinajstić information content (AvgIpc) is 2.37. The monoisotopic (exact) mass is 246 g/mol. The van der Waals surface area contributed by atoms with Crippen LogP contribution in [0.3, 0.4) is 0 Å². The zero-order valence-electron chi connectivity index (χ0n) is 11.2. The minimum Gasteiger partial charge on any atom is -0.496 e. The van der Waals surface area contributed by atoms with Crippen LogP contribution in [0.1, 0.15) is 24.2 Å². The van der Waals surface area contributed by atoms with Gasteiger partial charge in [-0.05, 0) is 37.6 Å². The number of benzene rings is 1. The molecule has 1 atom stereocenters. The first-order chi connectivity index (χ1) is 8.58. The van der Waals surface area contributed by atoms with Gasteiger partial charge in [-0.3, -0.25) is 0 Å². The van der Waals surface area contributed by atoms with Crippen LogP contribution in [-0.2, 0) is 0 Å². The van der Waals surface area contributed by atoms with E-state index in [0.717, 1.165) is 33.7 Å². The zero-order chi connectivity index (χ0) is 13.3. The first-order valence-corrected chi connectivity index (χ1v) is 5.86. The van der Waals surface area contributed by atoms with Crippen LogP contribution in [0.25, 0.3) is 10.9 Å². The Kier molecular flexibility index (Phi) is 3.39. The molecule has 0 radical (unpaired) electrons. The van der Waals surface area contributed by atoms with Crippen LogP contribution >= 0.6 is 0 Å². The second-order valence-corrected chi connectivity index (χ2v) is 4.35. The second kappa shape index (κ2) is 4.82. The Hall–Kier alpha value is -1.81. The lowest BCUT2D eigenvalue weighted by Crippen LogP contribution is -2.08. The molecule has 96 valence electrons. The molecule has 1 aromatic heterocycles. The van der Waals surface area contributed by atoms with Crippen molar-refractivity contribution in [1.29, 1.82) is 0 Å². The lowest BCUT2D eigenvalue weighted by molar-refractivity contribution is 0.409. The molecule has 1 aromatic carbocycles. The topological polar surface area (TPSA) is 57.4 Å². The molecule has 0 aliphatic heterocycles. The Balaban J connectivity index is 2.84. The van der Waals surface area contributed by atoms with E-state index in [1.807, 2.05) is 32.0 Å². The number of pyridine rings is 1. The number of hydrogen-bond donors (Lipinski definition) is 1. The number of nitrogens with two attached hydrogens (primary N) is 1. The third kappa shape index (κ3) is 1.99. The normalized spacial score (nSPS) is 12.5. The molecule has 4 nitrogen and oxygen atoms in total. The zero-order valence-corrected chi connectivity index (χ0v) is 11.2. The van der Waals surface area contributed by atoms with Gasteiger partial charge in [0.25, 0.3) is 0 Å². The van der Waals surface area contributed by atoms with Crippen LogP contribution in [0.4, 0.5) is 0 Å². The number of ether oxygens (including phenoxy) is 2. The highest BCUT2D eigenvalue weighted by molar-refractivity contribution is 5.92. The van der Waals surface area contributed by atoms with Crippen molar-refractivity contribution in [3.63, 3.8) is 0 Å². The quantitative estimate of drug-likeness (QED) is 0.904. The highest BCUT2D eigenvalue weighted by atomic mass is 16.5. The van der Waals surface area contributed by atoms with Gasteiger partial charge in [0.1, 0.15) is 17.0 Å². The fourth-order valence-electron chi connectivity index (χ4n) is 2.07. The Bertz CT molecular complexity index is 580. The summed E-state index contributed by atoms with van der Waals surface area (Å²) in [6.45, 7) is 3.94. The lowest BCUT2D eigenvalue weighted by atomic mass is 10.1. The Morgan fingerprint density at radius 3 is 2.33 bits per heavy atom. The van der Waals surface area contributed by atoms with Gasteiger partial charge in [0.15, 0.2) is 0 Å². The van der Waals surface area contributed by atoms with E-state index < -0.39 is 0 Å². The van der Waals surface area contributed by atoms with Crippen LogP contribution in [0.15, 0.2) is 18.2 Å². The maximum absolute atomic E-state index is 5.90. The number of hydrogen-bond acceptors (Lipinski definition) is 4. The molecule has 0 saturated heterocycles. The van der Waals surface area contributed by atoms with E-state index in [1.54, 1.807) is 14.2 Å². The van der Waals surface area contributed by atoms with Crippen molar-refractivity contribution in [3.8, 4) is 11.5 Å². The van der Waals surface area contributed by atoms with Gasteiger partial charge in [0, 0.05) is 11.4 Å². The predicted octanol–water partition coefficient (Wildman–Crippen LogP) is 2.58. The van der Waals surface area contributed by atoms with Gasteiger partial charge in [0.05, 0.1) is 19.9 Å². The van der Waals surface area contributed by atoms with Crippen molar-refractivity contribution in [2.75, 3.05) is 14.2 Å². The van der Waals surface area contributed by atoms with Crippen LogP contribution in [0, 0.1) is 6.92 Å². The van der Waals surface area contributed by atoms with Gasteiger partial charge < -0.3 is 15.2 Å². The first kappa shape index (κ1) is 12.6. The molecular formula is C14H18N2O2. The fraction of sp³-hybridized carbons (Fsp3) is 0.357. The van der Waals surface area contributed by atoms with E-state index >= 15 is 0 Å². The van der Waals surface area contributed by atoms with Gasteiger partial charge >= 0.3 is 0 Å². The lowest BCUT2D eigenvalue weighted by Gasteiger charge is -2.14. The highest BCUT2D eigenvalue weighted by Gasteiger charge is 2.13. The van der Waals surface area contributed by atoms with Crippen molar-refractivity contribution in [2.45, 2.75) is 19.9 Å². The summed E-state index contributed by atoms with van der Waals surface area (Å²) in [5, 5.41) is 0.973. The smallest absolute Gasteiger partial charge is 0.145 e. The number of methoxy groups -OCH3 is 2. The maximum Gasteiger partial charge on any atom is 0.145 e. The predicted molar refractivity (Wildman–Crippen MR) is 72.2 cm³/mol. The Morgan fingerprint density at radius 2 is 1.78 bits per heavy atom. The summed E-state index contributed by atoms with van der Waals surface area (Å²) in [6, 6.07) is 5.64. The summed E-state index contributed by atoms with van der Waals surface area (Å²) in [4.78, 5) is 4.58. The fourth-order valence-corrected chi connectivity index (χ4v) is 2.07. The molecule has 4 heteroatoms. The van der Waals surface area contributed by atoms with Crippen LogP contribution in [-0.4, -0.2) is 19.2 Å². The molecule has 0 aliphatic rings. The molecule has 1 unspecified atom stereocenters. The molecule has 18 heavy (non-hydrogen) atoms. The van der Waals surface area contributed by atoms with Gasteiger partial charge in [-0.1, -0.05) is 0 Å². The Morgan fingerprint density at radius 1 is 1.17 bits per heavy atom. The van der Waals surface area contributed by atoms with Gasteiger partial charge in [-0.15, -0.1) is 0 Å². The first-order valence-electron chi connectivity index (χ1n) is 5.86. The molecule has 2 aromatic rings. The molecule has 2 N–H and O–H groups in total. The van der Waals surface area contributed by atoms with Crippen molar-refractivity contribution in [2.24, 2.45) is 5.73 Å². The summed E-state index contributed by atoms with van der Waals surface area (Å²) in [5.41, 5.74) is 8.64. The minimum atomic E-state index is -0.107. The van der Waals surface area contributed by atoms with Crippen LogP contribution in [0.2, 0.25) is 0 Å². The SMILES string of the molecule is COc1ccc(OC)c2c(C)cc(C(C)N)nc12. The number of aryl methyl sites for hydroxylation is 1. The van der Waals surface area contributed by atoms with Crippen molar-refractivity contribution >= 4 is 10.9 Å². The summed E-state index contributed by atoms with van der Waals surface area (Å²) in [6.07, 6.45) is 0. The highest BCUT2D eigenvalue weighted by Crippen LogP contribution is 2.34. The summed E-state index contributed by atoms with van der Waals surface area (Å²) in [7, 11) is 3.29. The van der Waals surface area contributed by atoms with Gasteiger partial charge in [-0.2, -0.15) is 0 Å². The molecule has 0 amide bonds. The molecule has 0 spiro atoms. The van der Waals surface area contributed by atoms with E-state index in [0.29, 0.717) is 0 Å². The van der Waals surface area contributed by atoms with Gasteiger partial charge in [0.2, 0.25) is 0 Å². The van der Waals surface area contributed by atoms with Crippen molar-refractivity contribution in [1.82, 2.24) is 4.98 Å². The molecule has 0 fully saturated rings. The third-order valence-corrected chi connectivity index (χ3v) is 3.01. The molecular weight excluding hydrogens is 228 g/mol. The van der Waals surface area contributed by atoms with Gasteiger partial charge in [-0.25, -0.2) is 4.98 Å². The van der Waals surface area contributed by atoms with E-state index in [1.165, 1.54) is 0 Å². The van der Waals surface area contributed by atoms with Crippen LogP contribution in [0.5, 0.6) is 11.5 Å². The molecule has 0 bridgehead atoms. The van der Waals surface area contributed by atoms with E-state index in [9.17, 15) is 0 Å². The minimum absolute atomic E-state index is 0.107. The summed E-state index contributed by atoms with van der Waals surface area (Å²) < 4.78 is 10.7. The van der Waals surface area contributed by atoms with E-state index in [4.69, 9.17) is 15.2 Å². The largest absolute Gasteiger partial charge is 0.496 e. The maximum atomic E-state index is 5.90. The molecule has 1 heterocycles. The average molecular weight is 246 g/mol. The van der Waals surface area contributed by atoms with Crippen molar-refractivity contribution in [3.05, 3.63) is 29.5 Å². The number of aromatic nitrogens is 1. The third-order valence-electron chi connectivity index (χ3n) is 3.01. The van der Waals surface area contributed by atoms with Crippen molar-refractivity contribution < 1.29 is 9.47 Å². The van der Waals surface area contributed by atoms with E-state index in [-0.39, 0.29) is 6.04 Å². The second-order valence-electron chi connectivity index (χ2n) is 4.35. The number of fused-ring (bicyclic) bond motifs is 1. The number of rotatable bonds is 3. The molecule has 0 aliphatic carbocycles. The Labute approximate surface area is 107 Å². The summed E-state index contributed by atoms with van der Waals surface area (Å²) in [5.74, 6) is 1.53.